The zero-order chi connectivity index (χ0) is 16.5. The molecule has 0 bridgehead atoms. The molecule has 1 aromatic rings. The van der Waals surface area contributed by atoms with Crippen LogP contribution in [0.4, 0.5) is 0 Å². The van der Waals surface area contributed by atoms with E-state index in [4.69, 9.17) is 5.11 Å². The summed E-state index contributed by atoms with van der Waals surface area (Å²) in [7, 11) is -3.38. The molecule has 0 saturated carbocycles. The molecule has 6 nitrogen and oxygen atoms in total. The number of benzene rings is 1. The quantitative estimate of drug-likeness (QED) is 0.907. The fourth-order valence-corrected chi connectivity index (χ4v) is 3.55. The van der Waals surface area contributed by atoms with Crippen LogP contribution in [0.25, 0.3) is 0 Å². The Kier molecular flexibility index (Phi) is 4.55. The van der Waals surface area contributed by atoms with Gasteiger partial charge in [-0.2, -0.15) is 0 Å². The number of sulfone groups is 1. The molecule has 0 unspecified atom stereocenters. The molecule has 7 heteroatoms. The number of carbonyl (C=O) groups excluding carboxylic acids is 1. The van der Waals surface area contributed by atoms with E-state index in [1.807, 2.05) is 0 Å². The second kappa shape index (κ2) is 6.08. The van der Waals surface area contributed by atoms with Crippen molar-refractivity contribution in [1.29, 1.82) is 0 Å². The number of rotatable bonds is 4. The number of likely N-dealkylation sites (tertiary alicyclic amines) is 1. The summed E-state index contributed by atoms with van der Waals surface area (Å²) in [6.07, 6.45) is 1.10. The monoisotopic (exact) mass is 325 g/mol. The van der Waals surface area contributed by atoms with E-state index < -0.39 is 27.1 Å². The standard InChI is InChI=1S/C15H19NO5S/c1-10(2)22(20,21)12-7-5-11(6-8-12)14(17)16-9-3-4-13(16)15(18)19/h5-8,10,13H,3-4,9H2,1-2H3,(H,18,19)/t13-/m1/s1. The molecular formula is C15H19NO5S. The van der Waals surface area contributed by atoms with Crippen LogP contribution in [0.5, 0.6) is 0 Å². The zero-order valence-electron chi connectivity index (χ0n) is 12.5. The molecule has 0 aromatic heterocycles. The number of carboxylic acids is 1. The molecule has 0 spiro atoms. The normalized spacial score (nSPS) is 18.7. The fourth-order valence-electron chi connectivity index (χ4n) is 2.49. The van der Waals surface area contributed by atoms with Crippen molar-refractivity contribution in [1.82, 2.24) is 4.90 Å². The molecule has 1 fully saturated rings. The molecular weight excluding hydrogens is 306 g/mol. The minimum absolute atomic E-state index is 0.162. The summed E-state index contributed by atoms with van der Waals surface area (Å²) in [6, 6.07) is 4.87. The molecule has 1 amide bonds. The number of amides is 1. The van der Waals surface area contributed by atoms with Crippen molar-refractivity contribution in [2.45, 2.75) is 42.9 Å². The third-order valence-electron chi connectivity index (χ3n) is 3.85. The van der Waals surface area contributed by atoms with E-state index >= 15 is 0 Å². The summed E-state index contributed by atoms with van der Waals surface area (Å²) in [5.74, 6) is -1.39. The average molecular weight is 325 g/mol. The minimum Gasteiger partial charge on any atom is -0.480 e. The Bertz CT molecular complexity index is 678. The van der Waals surface area contributed by atoms with Crippen LogP contribution in [0.2, 0.25) is 0 Å². The van der Waals surface area contributed by atoms with Gasteiger partial charge in [0, 0.05) is 12.1 Å². The summed E-state index contributed by atoms with van der Waals surface area (Å²) in [5, 5.41) is 8.58. The van der Waals surface area contributed by atoms with Crippen LogP contribution in [-0.2, 0) is 14.6 Å². The van der Waals surface area contributed by atoms with E-state index in [-0.39, 0.29) is 10.8 Å². The first-order valence-electron chi connectivity index (χ1n) is 7.13. The molecule has 1 atom stereocenters. The number of carboxylic acid groups (broad SMARTS) is 1. The molecule has 0 radical (unpaired) electrons. The highest BCUT2D eigenvalue weighted by Crippen LogP contribution is 2.22. The van der Waals surface area contributed by atoms with Gasteiger partial charge in [0.15, 0.2) is 9.84 Å². The van der Waals surface area contributed by atoms with E-state index in [1.165, 1.54) is 29.2 Å². The van der Waals surface area contributed by atoms with Crippen molar-refractivity contribution in [3.05, 3.63) is 29.8 Å². The molecule has 1 aliphatic rings. The lowest BCUT2D eigenvalue weighted by atomic mass is 10.1. The van der Waals surface area contributed by atoms with E-state index in [1.54, 1.807) is 13.8 Å². The van der Waals surface area contributed by atoms with Crippen molar-refractivity contribution in [3.63, 3.8) is 0 Å². The van der Waals surface area contributed by atoms with Crippen molar-refractivity contribution < 1.29 is 23.1 Å². The minimum atomic E-state index is -3.38. The van der Waals surface area contributed by atoms with Crippen molar-refractivity contribution in [3.8, 4) is 0 Å². The summed E-state index contributed by atoms with van der Waals surface area (Å²) in [4.78, 5) is 25.0. The second-order valence-electron chi connectivity index (χ2n) is 5.61. The van der Waals surface area contributed by atoms with Crippen molar-refractivity contribution in [2.24, 2.45) is 0 Å². The Morgan fingerprint density at radius 2 is 1.82 bits per heavy atom. The highest BCUT2D eigenvalue weighted by Gasteiger charge is 2.34. The van der Waals surface area contributed by atoms with Gasteiger partial charge in [0.05, 0.1) is 10.1 Å². The van der Waals surface area contributed by atoms with E-state index in [0.717, 1.165) is 0 Å². The largest absolute Gasteiger partial charge is 0.480 e. The Hall–Kier alpha value is -1.89. The lowest BCUT2D eigenvalue weighted by Gasteiger charge is -2.21. The predicted octanol–water partition coefficient (Wildman–Crippen LogP) is 1.56. The van der Waals surface area contributed by atoms with Gasteiger partial charge >= 0.3 is 5.97 Å². The number of carbonyl (C=O) groups is 2. The topological polar surface area (TPSA) is 91.8 Å². The fraction of sp³-hybridized carbons (Fsp3) is 0.467. The van der Waals surface area contributed by atoms with Crippen LogP contribution >= 0.6 is 0 Å². The highest BCUT2D eigenvalue weighted by atomic mass is 32.2. The molecule has 22 heavy (non-hydrogen) atoms. The summed E-state index contributed by atoms with van der Waals surface area (Å²) in [6.45, 7) is 3.59. The number of hydrogen-bond donors (Lipinski definition) is 1. The van der Waals surface area contributed by atoms with Gasteiger partial charge in [0.25, 0.3) is 5.91 Å². The van der Waals surface area contributed by atoms with Gasteiger partial charge in [0.2, 0.25) is 0 Å². The first-order valence-corrected chi connectivity index (χ1v) is 8.67. The van der Waals surface area contributed by atoms with Gasteiger partial charge in [0.1, 0.15) is 6.04 Å². The molecule has 0 aliphatic carbocycles. The second-order valence-corrected chi connectivity index (χ2v) is 8.12. The van der Waals surface area contributed by atoms with Gasteiger partial charge < -0.3 is 10.0 Å². The lowest BCUT2D eigenvalue weighted by molar-refractivity contribution is -0.141. The third-order valence-corrected chi connectivity index (χ3v) is 6.02. The van der Waals surface area contributed by atoms with Gasteiger partial charge in [-0.25, -0.2) is 13.2 Å². The Morgan fingerprint density at radius 1 is 1.23 bits per heavy atom. The number of aliphatic carboxylic acids is 1. The smallest absolute Gasteiger partial charge is 0.326 e. The molecule has 1 saturated heterocycles. The first kappa shape index (κ1) is 16.5. The maximum absolute atomic E-state index is 12.4. The SMILES string of the molecule is CC(C)S(=O)(=O)c1ccc(C(=O)N2CCC[C@@H]2C(=O)O)cc1. The van der Waals surface area contributed by atoms with Gasteiger partial charge in [-0.05, 0) is 51.0 Å². The number of hydrogen-bond acceptors (Lipinski definition) is 4. The van der Waals surface area contributed by atoms with Crippen LogP contribution in [0.15, 0.2) is 29.2 Å². The van der Waals surface area contributed by atoms with Gasteiger partial charge in [-0.1, -0.05) is 0 Å². The van der Waals surface area contributed by atoms with Crippen molar-refractivity contribution >= 4 is 21.7 Å². The van der Waals surface area contributed by atoms with E-state index in [2.05, 4.69) is 0 Å². The summed E-state index contributed by atoms with van der Waals surface area (Å²) >= 11 is 0. The average Bonchev–Trinajstić information content (AvgIpc) is 2.96. The third kappa shape index (κ3) is 2.99. The van der Waals surface area contributed by atoms with Crippen molar-refractivity contribution in [2.75, 3.05) is 6.54 Å². The maximum atomic E-state index is 12.4. The van der Waals surface area contributed by atoms with Gasteiger partial charge in [-0.3, -0.25) is 4.79 Å². The predicted molar refractivity (Wildman–Crippen MR) is 80.5 cm³/mol. The molecule has 1 heterocycles. The lowest BCUT2D eigenvalue weighted by Crippen LogP contribution is -2.40. The Labute approximate surface area is 129 Å². The Morgan fingerprint density at radius 3 is 2.32 bits per heavy atom. The van der Waals surface area contributed by atoms with Gasteiger partial charge in [-0.15, -0.1) is 0 Å². The van der Waals surface area contributed by atoms with E-state index in [0.29, 0.717) is 24.9 Å². The summed E-state index contributed by atoms with van der Waals surface area (Å²) in [5.41, 5.74) is 0.302. The maximum Gasteiger partial charge on any atom is 0.326 e. The molecule has 2 rings (SSSR count). The highest BCUT2D eigenvalue weighted by molar-refractivity contribution is 7.92. The van der Waals surface area contributed by atoms with Crippen LogP contribution in [0, 0.1) is 0 Å². The zero-order valence-corrected chi connectivity index (χ0v) is 13.3. The first-order chi connectivity index (χ1) is 10.2. The van der Waals surface area contributed by atoms with Crippen LogP contribution in [0.1, 0.15) is 37.0 Å². The Balaban J connectivity index is 2.24. The summed E-state index contributed by atoms with van der Waals surface area (Å²) < 4.78 is 24.1. The van der Waals surface area contributed by atoms with Crippen LogP contribution < -0.4 is 0 Å². The molecule has 1 aromatic carbocycles. The number of nitrogens with zero attached hydrogens (tertiary/aromatic N) is 1. The molecule has 120 valence electrons. The van der Waals surface area contributed by atoms with Crippen LogP contribution in [-0.4, -0.2) is 48.1 Å². The molecule has 1 aliphatic heterocycles. The van der Waals surface area contributed by atoms with E-state index in [9.17, 15) is 18.0 Å². The molecule has 1 N–H and O–H groups in total. The van der Waals surface area contributed by atoms with Crippen LogP contribution in [0.3, 0.4) is 0 Å².